The Bertz CT molecular complexity index is 1500. The molecule has 224 valence electrons. The van der Waals surface area contributed by atoms with Gasteiger partial charge >= 0.3 is 6.09 Å². The van der Waals surface area contributed by atoms with Crippen molar-refractivity contribution in [1.29, 1.82) is 0 Å². The van der Waals surface area contributed by atoms with Gasteiger partial charge in [0.15, 0.2) is 9.66 Å². The molecule has 2 aromatic carbocycles. The first-order valence-electron chi connectivity index (χ1n) is 15.4. The van der Waals surface area contributed by atoms with Crippen molar-refractivity contribution >= 4 is 39.5 Å². The number of nitrogens with zero attached hydrogens (tertiary/aromatic N) is 5. The van der Waals surface area contributed by atoms with Gasteiger partial charge in [-0.15, -0.1) is 0 Å². The molecule has 1 amide bonds. The van der Waals surface area contributed by atoms with Gasteiger partial charge in [-0.25, -0.2) is 14.8 Å². The second-order valence-corrected chi connectivity index (χ2v) is 13.6. The summed E-state index contributed by atoms with van der Waals surface area (Å²) in [6.07, 6.45) is 13.3. The van der Waals surface area contributed by atoms with Gasteiger partial charge in [0.2, 0.25) is 0 Å². The maximum absolute atomic E-state index is 12.3. The molecule has 0 bridgehead atoms. The average molecular weight is 682 g/mol. The SMILES string of the molecule is CN(CCCCCn1c(-c2ncc(-c3ccc4ccccc4c3)n2CC2CCCCC2)cnc1I)C(=O)OC(C)(C)C. The van der Waals surface area contributed by atoms with Crippen LogP contribution in [0.4, 0.5) is 4.79 Å². The molecule has 1 saturated carbocycles. The lowest BCUT2D eigenvalue weighted by atomic mass is 9.89. The second kappa shape index (κ2) is 13.6. The molecule has 1 aliphatic carbocycles. The number of hydrogen-bond donors (Lipinski definition) is 0. The molecule has 8 heteroatoms. The fourth-order valence-electron chi connectivity index (χ4n) is 5.94. The smallest absolute Gasteiger partial charge is 0.410 e. The van der Waals surface area contributed by atoms with E-state index in [1.54, 1.807) is 4.90 Å². The molecule has 0 aliphatic heterocycles. The van der Waals surface area contributed by atoms with Crippen molar-refractivity contribution in [2.24, 2.45) is 5.92 Å². The number of unbranched alkanes of at least 4 members (excludes halogenated alkanes) is 2. The first-order valence-corrected chi connectivity index (χ1v) is 16.5. The van der Waals surface area contributed by atoms with Crippen molar-refractivity contribution < 1.29 is 9.53 Å². The van der Waals surface area contributed by atoms with E-state index in [2.05, 4.69) is 80.4 Å². The summed E-state index contributed by atoms with van der Waals surface area (Å²) in [5.74, 6) is 1.67. The van der Waals surface area contributed by atoms with E-state index in [1.165, 1.54) is 54.1 Å². The van der Waals surface area contributed by atoms with Gasteiger partial charge in [0, 0.05) is 32.2 Å². The molecule has 2 aromatic heterocycles. The number of benzene rings is 2. The molecule has 0 unspecified atom stereocenters. The predicted octanol–water partition coefficient (Wildman–Crippen LogP) is 8.79. The number of hydrogen-bond acceptors (Lipinski definition) is 4. The molecule has 0 atom stereocenters. The molecular weight excluding hydrogens is 637 g/mol. The van der Waals surface area contributed by atoms with Gasteiger partial charge in [-0.2, -0.15) is 0 Å². The van der Waals surface area contributed by atoms with Gasteiger partial charge in [0.25, 0.3) is 0 Å². The number of ether oxygens (including phenoxy) is 1. The number of fused-ring (bicyclic) bond motifs is 1. The van der Waals surface area contributed by atoms with Gasteiger partial charge in [0.05, 0.1) is 18.1 Å². The van der Waals surface area contributed by atoms with Crippen molar-refractivity contribution in [1.82, 2.24) is 24.0 Å². The first-order chi connectivity index (χ1) is 20.2. The summed E-state index contributed by atoms with van der Waals surface area (Å²) in [5.41, 5.74) is 2.98. The summed E-state index contributed by atoms with van der Waals surface area (Å²) in [5, 5.41) is 2.50. The minimum absolute atomic E-state index is 0.263. The zero-order valence-corrected chi connectivity index (χ0v) is 27.6. The van der Waals surface area contributed by atoms with Crippen LogP contribution in [-0.4, -0.2) is 49.3 Å². The van der Waals surface area contributed by atoms with Gasteiger partial charge < -0.3 is 18.8 Å². The highest BCUT2D eigenvalue weighted by atomic mass is 127. The predicted molar refractivity (Wildman–Crippen MR) is 178 cm³/mol. The quantitative estimate of drug-likeness (QED) is 0.124. The number of halogens is 1. The van der Waals surface area contributed by atoms with Crippen LogP contribution in [0.5, 0.6) is 0 Å². The second-order valence-electron chi connectivity index (χ2n) is 12.7. The maximum Gasteiger partial charge on any atom is 0.410 e. The number of carbonyl (C=O) groups excluding carboxylic acids is 1. The number of aromatic nitrogens is 4. The van der Waals surface area contributed by atoms with E-state index < -0.39 is 5.60 Å². The Balaban J connectivity index is 1.33. The van der Waals surface area contributed by atoms with E-state index in [9.17, 15) is 4.79 Å². The summed E-state index contributed by atoms with van der Waals surface area (Å²) in [6, 6.07) is 15.3. The summed E-state index contributed by atoms with van der Waals surface area (Å²) < 4.78 is 11.2. The Morgan fingerprint density at radius 3 is 2.45 bits per heavy atom. The van der Waals surface area contributed by atoms with Crippen LogP contribution in [-0.2, 0) is 17.8 Å². The van der Waals surface area contributed by atoms with Crippen molar-refractivity contribution in [3.63, 3.8) is 0 Å². The fraction of sp³-hybridized carbons (Fsp3) is 0.500. The standard InChI is InChI=1S/C34H44IN5O2/c1-34(2,3)42-33(41)38(4)19-11-6-12-20-39-30(23-37-32(39)35)31-36-22-29(40(31)24-25-13-7-5-8-14-25)28-18-17-26-15-9-10-16-27(26)21-28/h9-10,15-18,21-23,25H,5-8,11-14,19-20,24H2,1-4H3. The molecule has 1 aliphatic rings. The van der Waals surface area contributed by atoms with Gasteiger partial charge in [-0.05, 0) is 98.2 Å². The Hall–Kier alpha value is -2.88. The fourth-order valence-corrected chi connectivity index (χ4v) is 6.58. The van der Waals surface area contributed by atoms with Crippen LogP contribution in [0.25, 0.3) is 33.5 Å². The molecule has 0 N–H and O–H groups in total. The zero-order chi connectivity index (χ0) is 29.7. The van der Waals surface area contributed by atoms with Gasteiger partial charge in [0.1, 0.15) is 11.3 Å². The molecule has 7 nitrogen and oxygen atoms in total. The van der Waals surface area contributed by atoms with Crippen LogP contribution in [0.1, 0.15) is 72.1 Å². The van der Waals surface area contributed by atoms with E-state index >= 15 is 0 Å². The van der Waals surface area contributed by atoms with Crippen LogP contribution >= 0.6 is 22.6 Å². The maximum atomic E-state index is 12.3. The minimum atomic E-state index is -0.475. The Labute approximate surface area is 263 Å². The largest absolute Gasteiger partial charge is 0.444 e. The van der Waals surface area contributed by atoms with Crippen LogP contribution in [0.15, 0.2) is 54.9 Å². The van der Waals surface area contributed by atoms with E-state index in [4.69, 9.17) is 14.7 Å². The molecule has 42 heavy (non-hydrogen) atoms. The lowest BCUT2D eigenvalue weighted by Crippen LogP contribution is -2.34. The van der Waals surface area contributed by atoms with E-state index in [0.717, 1.165) is 47.7 Å². The van der Waals surface area contributed by atoms with E-state index in [0.29, 0.717) is 12.5 Å². The normalized spacial score (nSPS) is 14.4. The molecule has 0 radical (unpaired) electrons. The number of amides is 1. The monoisotopic (exact) mass is 681 g/mol. The van der Waals surface area contributed by atoms with Crippen molar-refractivity contribution in [2.45, 2.75) is 90.8 Å². The van der Waals surface area contributed by atoms with Crippen LogP contribution in [0, 0.1) is 9.75 Å². The third-order valence-electron chi connectivity index (χ3n) is 8.18. The Morgan fingerprint density at radius 1 is 0.952 bits per heavy atom. The molecule has 4 aromatic rings. The molecule has 1 fully saturated rings. The summed E-state index contributed by atoms with van der Waals surface area (Å²) in [7, 11) is 1.81. The Morgan fingerprint density at radius 2 is 1.69 bits per heavy atom. The number of imidazole rings is 2. The van der Waals surface area contributed by atoms with Crippen LogP contribution < -0.4 is 0 Å². The van der Waals surface area contributed by atoms with Gasteiger partial charge in [-0.3, -0.25) is 0 Å². The summed E-state index contributed by atoms with van der Waals surface area (Å²) >= 11 is 2.34. The molecular formula is C34H44IN5O2. The molecule has 2 heterocycles. The van der Waals surface area contributed by atoms with Crippen LogP contribution in [0.3, 0.4) is 0 Å². The lowest BCUT2D eigenvalue weighted by Gasteiger charge is -2.24. The molecule has 0 saturated heterocycles. The van der Waals surface area contributed by atoms with E-state index in [-0.39, 0.29) is 6.09 Å². The lowest BCUT2D eigenvalue weighted by molar-refractivity contribution is 0.0296. The van der Waals surface area contributed by atoms with Gasteiger partial charge in [-0.1, -0.05) is 55.7 Å². The first kappa shape index (κ1) is 30.6. The van der Waals surface area contributed by atoms with Crippen molar-refractivity contribution in [3.05, 3.63) is 58.7 Å². The van der Waals surface area contributed by atoms with Crippen LogP contribution in [0.2, 0.25) is 0 Å². The summed E-state index contributed by atoms with van der Waals surface area (Å²) in [4.78, 5) is 23.7. The van der Waals surface area contributed by atoms with E-state index in [1.807, 2.05) is 34.0 Å². The number of carbonyl (C=O) groups is 1. The highest BCUT2D eigenvalue weighted by Crippen LogP contribution is 2.33. The highest BCUT2D eigenvalue weighted by molar-refractivity contribution is 14.1. The average Bonchev–Trinajstić information content (AvgIpc) is 3.54. The molecule has 5 rings (SSSR count). The Kier molecular flexibility index (Phi) is 9.91. The third kappa shape index (κ3) is 7.54. The zero-order valence-electron chi connectivity index (χ0n) is 25.5. The topological polar surface area (TPSA) is 65.2 Å². The third-order valence-corrected chi connectivity index (χ3v) is 9.04. The minimum Gasteiger partial charge on any atom is -0.444 e. The van der Waals surface area contributed by atoms with Crippen molar-refractivity contribution in [2.75, 3.05) is 13.6 Å². The number of rotatable bonds is 10. The van der Waals surface area contributed by atoms with Crippen molar-refractivity contribution in [3.8, 4) is 22.8 Å². The highest BCUT2D eigenvalue weighted by Gasteiger charge is 2.23. The molecule has 0 spiro atoms. The summed E-state index contributed by atoms with van der Waals surface area (Å²) in [6.45, 7) is 8.22.